The number of methoxy groups -OCH3 is 1. The maximum absolute atomic E-state index is 12.8. The molecule has 1 aliphatic heterocycles. The van der Waals surface area contributed by atoms with E-state index in [0.29, 0.717) is 28.6 Å². The first-order chi connectivity index (χ1) is 10.1. The van der Waals surface area contributed by atoms with E-state index >= 15 is 0 Å². The van der Waals surface area contributed by atoms with Crippen LogP contribution < -0.4 is 15.4 Å². The highest BCUT2D eigenvalue weighted by Gasteiger charge is 2.27. The number of anilines is 2. The van der Waals surface area contributed by atoms with Crippen molar-refractivity contribution < 1.29 is 9.53 Å². The minimum absolute atomic E-state index is 0.113. The number of nitrogen functional groups attached to an aromatic ring is 1. The SMILES string of the molecule is COc1ccc(Cl)cc1C(=O)N1CCc2cc(N)ccc21. The topological polar surface area (TPSA) is 55.6 Å². The summed E-state index contributed by atoms with van der Waals surface area (Å²) in [5.41, 5.74) is 8.95. The second-order valence-electron chi connectivity index (χ2n) is 4.94. The van der Waals surface area contributed by atoms with E-state index in [2.05, 4.69) is 0 Å². The molecule has 0 bridgehead atoms. The lowest BCUT2D eigenvalue weighted by Gasteiger charge is -2.19. The smallest absolute Gasteiger partial charge is 0.262 e. The van der Waals surface area contributed by atoms with Crippen LogP contribution >= 0.6 is 11.6 Å². The van der Waals surface area contributed by atoms with Crippen LogP contribution in [0.3, 0.4) is 0 Å². The minimum atomic E-state index is -0.113. The van der Waals surface area contributed by atoms with Crippen molar-refractivity contribution in [3.63, 3.8) is 0 Å². The Balaban J connectivity index is 2.00. The average Bonchev–Trinajstić information content (AvgIpc) is 2.89. The second-order valence-corrected chi connectivity index (χ2v) is 5.38. The van der Waals surface area contributed by atoms with E-state index in [1.165, 1.54) is 0 Å². The second kappa shape index (κ2) is 5.30. The zero-order valence-electron chi connectivity index (χ0n) is 11.6. The molecule has 1 amide bonds. The summed E-state index contributed by atoms with van der Waals surface area (Å²) in [5, 5.41) is 0.510. The van der Waals surface area contributed by atoms with E-state index in [0.717, 1.165) is 17.7 Å². The molecule has 1 aliphatic rings. The molecule has 0 fully saturated rings. The van der Waals surface area contributed by atoms with Crippen molar-refractivity contribution in [3.8, 4) is 5.75 Å². The number of amides is 1. The highest BCUT2D eigenvalue weighted by molar-refractivity contribution is 6.31. The third-order valence-corrected chi connectivity index (χ3v) is 3.87. The molecule has 0 radical (unpaired) electrons. The summed E-state index contributed by atoms with van der Waals surface area (Å²) >= 11 is 6.00. The molecule has 2 N–H and O–H groups in total. The van der Waals surface area contributed by atoms with Gasteiger partial charge in [-0.1, -0.05) is 11.6 Å². The van der Waals surface area contributed by atoms with Gasteiger partial charge in [-0.05, 0) is 48.4 Å². The molecule has 2 aromatic rings. The van der Waals surface area contributed by atoms with Crippen molar-refractivity contribution in [1.82, 2.24) is 0 Å². The molecule has 0 unspecified atom stereocenters. The monoisotopic (exact) mass is 302 g/mol. The number of rotatable bonds is 2. The van der Waals surface area contributed by atoms with Gasteiger partial charge >= 0.3 is 0 Å². The molecule has 0 spiro atoms. The average molecular weight is 303 g/mol. The number of halogens is 1. The summed E-state index contributed by atoms with van der Waals surface area (Å²) in [4.78, 5) is 14.5. The van der Waals surface area contributed by atoms with Crippen molar-refractivity contribution in [2.75, 3.05) is 24.3 Å². The largest absolute Gasteiger partial charge is 0.496 e. The van der Waals surface area contributed by atoms with Gasteiger partial charge in [0.2, 0.25) is 0 Å². The summed E-state index contributed by atoms with van der Waals surface area (Å²) in [6, 6.07) is 10.6. The van der Waals surface area contributed by atoms with Crippen LogP contribution in [0.5, 0.6) is 5.75 Å². The zero-order chi connectivity index (χ0) is 15.0. The molecule has 108 valence electrons. The van der Waals surface area contributed by atoms with Crippen molar-refractivity contribution in [1.29, 1.82) is 0 Å². The zero-order valence-corrected chi connectivity index (χ0v) is 12.4. The van der Waals surface area contributed by atoms with Crippen molar-refractivity contribution in [2.45, 2.75) is 6.42 Å². The Labute approximate surface area is 128 Å². The fraction of sp³-hybridized carbons (Fsp3) is 0.188. The van der Waals surface area contributed by atoms with E-state index in [1.54, 1.807) is 36.3 Å². The van der Waals surface area contributed by atoms with E-state index in [4.69, 9.17) is 22.1 Å². The fourth-order valence-corrected chi connectivity index (χ4v) is 2.80. The van der Waals surface area contributed by atoms with Crippen LogP contribution in [-0.4, -0.2) is 19.6 Å². The van der Waals surface area contributed by atoms with Gasteiger partial charge in [-0.3, -0.25) is 4.79 Å². The normalized spacial score (nSPS) is 13.1. The first kappa shape index (κ1) is 13.8. The molecule has 1 heterocycles. The summed E-state index contributed by atoms with van der Waals surface area (Å²) in [6.45, 7) is 0.632. The van der Waals surface area contributed by atoms with Gasteiger partial charge in [0, 0.05) is 22.9 Å². The first-order valence-corrected chi connectivity index (χ1v) is 7.02. The van der Waals surface area contributed by atoms with E-state index in [-0.39, 0.29) is 5.91 Å². The van der Waals surface area contributed by atoms with Gasteiger partial charge < -0.3 is 15.4 Å². The van der Waals surface area contributed by atoms with Gasteiger partial charge in [-0.2, -0.15) is 0 Å². The van der Waals surface area contributed by atoms with Crippen molar-refractivity contribution >= 4 is 28.9 Å². The first-order valence-electron chi connectivity index (χ1n) is 6.64. The van der Waals surface area contributed by atoms with Gasteiger partial charge in [0.15, 0.2) is 0 Å². The van der Waals surface area contributed by atoms with E-state index in [9.17, 15) is 4.79 Å². The van der Waals surface area contributed by atoms with Crippen LogP contribution in [0.25, 0.3) is 0 Å². The Hall–Kier alpha value is -2.20. The molecule has 0 atom stereocenters. The van der Waals surface area contributed by atoms with Gasteiger partial charge in [0.25, 0.3) is 5.91 Å². The standard InChI is InChI=1S/C16H15ClN2O2/c1-21-15-5-2-11(17)9-13(15)16(20)19-7-6-10-8-12(18)3-4-14(10)19/h2-5,8-9H,6-7,18H2,1H3. The lowest BCUT2D eigenvalue weighted by atomic mass is 10.1. The van der Waals surface area contributed by atoms with Crippen LogP contribution in [0.15, 0.2) is 36.4 Å². The van der Waals surface area contributed by atoms with E-state index in [1.807, 2.05) is 12.1 Å². The summed E-state index contributed by atoms with van der Waals surface area (Å²) in [7, 11) is 1.54. The maximum atomic E-state index is 12.8. The molecule has 0 aromatic heterocycles. The van der Waals surface area contributed by atoms with Crippen LogP contribution in [0.4, 0.5) is 11.4 Å². The molecule has 21 heavy (non-hydrogen) atoms. The highest BCUT2D eigenvalue weighted by atomic mass is 35.5. The number of fused-ring (bicyclic) bond motifs is 1. The molecule has 0 saturated heterocycles. The predicted octanol–water partition coefficient (Wildman–Crippen LogP) is 3.13. The van der Waals surface area contributed by atoms with Crippen molar-refractivity contribution in [3.05, 3.63) is 52.5 Å². The molecule has 3 rings (SSSR count). The summed E-state index contributed by atoms with van der Waals surface area (Å²) in [6.07, 6.45) is 0.801. The number of carbonyl (C=O) groups is 1. The molecule has 2 aromatic carbocycles. The van der Waals surface area contributed by atoms with Gasteiger partial charge in [-0.25, -0.2) is 0 Å². The number of benzene rings is 2. The number of ether oxygens (including phenoxy) is 1. The predicted molar refractivity (Wildman–Crippen MR) is 84.2 cm³/mol. The number of carbonyl (C=O) groups excluding carboxylic acids is 1. The molecule has 0 aliphatic carbocycles. The quantitative estimate of drug-likeness (QED) is 0.867. The third kappa shape index (κ3) is 2.43. The molecular weight excluding hydrogens is 288 g/mol. The maximum Gasteiger partial charge on any atom is 0.262 e. The van der Waals surface area contributed by atoms with Crippen LogP contribution in [-0.2, 0) is 6.42 Å². The lowest BCUT2D eigenvalue weighted by molar-refractivity contribution is 0.0986. The molecule has 0 saturated carbocycles. The number of hydrogen-bond donors (Lipinski definition) is 1. The Kier molecular flexibility index (Phi) is 3.47. The minimum Gasteiger partial charge on any atom is -0.496 e. The van der Waals surface area contributed by atoms with Crippen LogP contribution in [0.2, 0.25) is 5.02 Å². The van der Waals surface area contributed by atoms with Crippen molar-refractivity contribution in [2.24, 2.45) is 0 Å². The third-order valence-electron chi connectivity index (χ3n) is 3.64. The molecule has 4 nitrogen and oxygen atoms in total. The molecular formula is C16H15ClN2O2. The summed E-state index contributed by atoms with van der Waals surface area (Å²) < 4.78 is 5.26. The Morgan fingerprint density at radius 2 is 2.10 bits per heavy atom. The van der Waals surface area contributed by atoms with Gasteiger partial charge in [0.05, 0.1) is 12.7 Å². The fourth-order valence-electron chi connectivity index (χ4n) is 2.63. The summed E-state index contributed by atoms with van der Waals surface area (Å²) in [5.74, 6) is 0.408. The number of hydrogen-bond acceptors (Lipinski definition) is 3. The lowest BCUT2D eigenvalue weighted by Crippen LogP contribution is -2.29. The Bertz CT molecular complexity index is 715. The highest BCUT2D eigenvalue weighted by Crippen LogP contribution is 2.33. The van der Waals surface area contributed by atoms with Crippen LogP contribution in [0.1, 0.15) is 15.9 Å². The number of nitrogens with two attached hydrogens (primary N) is 1. The van der Waals surface area contributed by atoms with Gasteiger partial charge in [0.1, 0.15) is 5.75 Å². The van der Waals surface area contributed by atoms with Gasteiger partial charge in [-0.15, -0.1) is 0 Å². The molecule has 5 heteroatoms. The van der Waals surface area contributed by atoms with E-state index < -0.39 is 0 Å². The van der Waals surface area contributed by atoms with Crippen LogP contribution in [0, 0.1) is 0 Å². The number of nitrogens with zero attached hydrogens (tertiary/aromatic N) is 1. The Morgan fingerprint density at radius 1 is 1.29 bits per heavy atom. The Morgan fingerprint density at radius 3 is 2.86 bits per heavy atom.